The summed E-state index contributed by atoms with van der Waals surface area (Å²) in [6.45, 7) is 9.95. The van der Waals surface area contributed by atoms with E-state index in [9.17, 15) is 4.79 Å². The summed E-state index contributed by atoms with van der Waals surface area (Å²) in [6.07, 6.45) is 0.917. The van der Waals surface area contributed by atoms with Gasteiger partial charge in [0.15, 0.2) is 0 Å². The monoisotopic (exact) mass is 281 g/mol. The summed E-state index contributed by atoms with van der Waals surface area (Å²) in [5, 5.41) is 9.46. The summed E-state index contributed by atoms with van der Waals surface area (Å²) < 4.78 is 0. The third-order valence-corrected chi connectivity index (χ3v) is 5.25. The number of nitrogens with zero attached hydrogens (tertiary/aromatic N) is 1. The van der Waals surface area contributed by atoms with Gasteiger partial charge in [-0.05, 0) is 32.7 Å². The van der Waals surface area contributed by atoms with Gasteiger partial charge in [0.1, 0.15) is 5.01 Å². The van der Waals surface area contributed by atoms with Gasteiger partial charge in [0.2, 0.25) is 5.91 Å². The fourth-order valence-electron chi connectivity index (χ4n) is 2.63. The Kier molecular flexibility index (Phi) is 4.26. The first-order chi connectivity index (χ1) is 8.95. The Morgan fingerprint density at radius 2 is 2.26 bits per heavy atom. The lowest BCUT2D eigenvalue weighted by molar-refractivity contribution is -0.133. The van der Waals surface area contributed by atoms with E-state index in [2.05, 4.69) is 29.5 Å². The molecule has 0 radical (unpaired) electrons. The third-order valence-electron chi connectivity index (χ3n) is 4.10. The minimum Gasteiger partial charge on any atom is -0.347 e. The Labute approximate surface area is 119 Å². The molecule has 2 rings (SSSR count). The van der Waals surface area contributed by atoms with E-state index >= 15 is 0 Å². The molecule has 2 heterocycles. The van der Waals surface area contributed by atoms with Crippen LogP contribution >= 0.6 is 11.3 Å². The van der Waals surface area contributed by atoms with Crippen LogP contribution in [0.4, 0.5) is 0 Å². The molecule has 0 bridgehead atoms. The van der Waals surface area contributed by atoms with Crippen LogP contribution in [-0.4, -0.2) is 24.0 Å². The number of nitrogens with one attached hydrogen (secondary N) is 2. The van der Waals surface area contributed by atoms with Crippen molar-refractivity contribution in [1.82, 2.24) is 15.6 Å². The molecule has 5 heteroatoms. The zero-order valence-electron chi connectivity index (χ0n) is 12.1. The Bertz CT molecular complexity index is 449. The van der Waals surface area contributed by atoms with Crippen molar-refractivity contribution in [3.05, 3.63) is 16.1 Å². The van der Waals surface area contributed by atoms with Crippen molar-refractivity contribution in [3.63, 3.8) is 0 Å². The third kappa shape index (κ3) is 2.82. The topological polar surface area (TPSA) is 54.0 Å². The Hall–Kier alpha value is -0.940. The van der Waals surface area contributed by atoms with E-state index in [4.69, 9.17) is 0 Å². The number of thiazole rings is 1. The maximum Gasteiger partial charge on any atom is 0.228 e. The second-order valence-electron chi connectivity index (χ2n) is 5.76. The van der Waals surface area contributed by atoms with Crippen LogP contribution < -0.4 is 10.6 Å². The van der Waals surface area contributed by atoms with Crippen LogP contribution in [0.5, 0.6) is 0 Å². The van der Waals surface area contributed by atoms with Gasteiger partial charge in [-0.25, -0.2) is 4.98 Å². The second kappa shape index (κ2) is 5.59. The zero-order chi connectivity index (χ0) is 14.0. The van der Waals surface area contributed by atoms with Crippen molar-refractivity contribution in [2.45, 2.75) is 40.2 Å². The molecular weight excluding hydrogens is 258 g/mol. The van der Waals surface area contributed by atoms with E-state index in [0.29, 0.717) is 5.92 Å². The average molecular weight is 281 g/mol. The summed E-state index contributed by atoms with van der Waals surface area (Å²) in [6, 6.07) is -0.0116. The molecule has 106 valence electrons. The molecule has 2 N–H and O–H groups in total. The molecule has 1 aromatic heterocycles. The lowest BCUT2D eigenvalue weighted by atomic mass is 9.75. The molecular formula is C14H23N3OS. The van der Waals surface area contributed by atoms with Gasteiger partial charge < -0.3 is 10.6 Å². The van der Waals surface area contributed by atoms with Crippen molar-refractivity contribution < 1.29 is 4.79 Å². The lowest BCUT2D eigenvalue weighted by Crippen LogP contribution is -2.46. The molecule has 1 aliphatic heterocycles. The zero-order valence-corrected chi connectivity index (χ0v) is 12.9. The van der Waals surface area contributed by atoms with E-state index in [1.165, 1.54) is 0 Å². The number of hydrogen-bond acceptors (Lipinski definition) is 4. The van der Waals surface area contributed by atoms with Crippen molar-refractivity contribution in [3.8, 4) is 0 Å². The van der Waals surface area contributed by atoms with Gasteiger partial charge in [0, 0.05) is 17.6 Å². The highest BCUT2D eigenvalue weighted by atomic mass is 32.1. The van der Waals surface area contributed by atoms with E-state index in [1.807, 2.05) is 19.2 Å². The van der Waals surface area contributed by atoms with Gasteiger partial charge in [-0.15, -0.1) is 11.3 Å². The molecule has 0 spiro atoms. The molecule has 4 nitrogen and oxygen atoms in total. The molecule has 2 atom stereocenters. The number of aromatic nitrogens is 1. The average Bonchev–Trinajstić information content (AvgIpc) is 2.97. The standard InChI is InChI=1S/C14H23N3OS/c1-9(2)14(5-6-15-8-14)13(18)17-11(4)12-16-10(3)7-19-12/h7,9,11,15H,5-6,8H2,1-4H3,(H,17,18). The fraction of sp³-hybridized carbons (Fsp3) is 0.714. The molecule has 2 unspecified atom stereocenters. The predicted octanol–water partition coefficient (Wildman–Crippen LogP) is 2.26. The van der Waals surface area contributed by atoms with Crippen LogP contribution in [0, 0.1) is 18.3 Å². The number of carbonyl (C=O) groups is 1. The van der Waals surface area contributed by atoms with Crippen LogP contribution in [0.15, 0.2) is 5.38 Å². The first-order valence-corrected chi connectivity index (χ1v) is 7.77. The highest BCUT2D eigenvalue weighted by molar-refractivity contribution is 7.09. The molecule has 0 saturated carbocycles. The van der Waals surface area contributed by atoms with E-state index in [1.54, 1.807) is 11.3 Å². The van der Waals surface area contributed by atoms with Crippen LogP contribution in [0.1, 0.15) is 43.9 Å². The number of carbonyl (C=O) groups excluding carboxylic acids is 1. The van der Waals surface area contributed by atoms with Crippen LogP contribution in [0.25, 0.3) is 0 Å². The van der Waals surface area contributed by atoms with Crippen LogP contribution in [-0.2, 0) is 4.79 Å². The first kappa shape index (κ1) is 14.5. The van der Waals surface area contributed by atoms with E-state index < -0.39 is 0 Å². The lowest BCUT2D eigenvalue weighted by Gasteiger charge is -2.32. The Morgan fingerprint density at radius 1 is 1.53 bits per heavy atom. The van der Waals surface area contributed by atoms with Crippen molar-refractivity contribution in [1.29, 1.82) is 0 Å². The van der Waals surface area contributed by atoms with Crippen LogP contribution in [0.2, 0.25) is 0 Å². The highest BCUT2D eigenvalue weighted by Gasteiger charge is 2.44. The normalized spacial score (nSPS) is 24.7. The molecule has 19 heavy (non-hydrogen) atoms. The van der Waals surface area contributed by atoms with Crippen molar-refractivity contribution >= 4 is 17.2 Å². The maximum atomic E-state index is 12.6. The molecule has 1 aromatic rings. The molecule has 1 fully saturated rings. The molecule has 0 aliphatic carbocycles. The Morgan fingerprint density at radius 3 is 2.74 bits per heavy atom. The Balaban J connectivity index is 2.07. The van der Waals surface area contributed by atoms with E-state index in [0.717, 1.165) is 30.2 Å². The number of hydrogen-bond donors (Lipinski definition) is 2. The minimum absolute atomic E-state index is 0.0116. The largest absolute Gasteiger partial charge is 0.347 e. The summed E-state index contributed by atoms with van der Waals surface area (Å²) in [7, 11) is 0. The smallest absolute Gasteiger partial charge is 0.228 e. The van der Waals surface area contributed by atoms with Gasteiger partial charge in [-0.2, -0.15) is 0 Å². The second-order valence-corrected chi connectivity index (χ2v) is 6.65. The van der Waals surface area contributed by atoms with Crippen molar-refractivity contribution in [2.75, 3.05) is 13.1 Å². The molecule has 1 saturated heterocycles. The number of rotatable bonds is 4. The van der Waals surface area contributed by atoms with Gasteiger partial charge in [0.25, 0.3) is 0 Å². The van der Waals surface area contributed by atoms with Crippen LogP contribution in [0.3, 0.4) is 0 Å². The highest BCUT2D eigenvalue weighted by Crippen LogP contribution is 2.35. The van der Waals surface area contributed by atoms with Crippen molar-refractivity contribution in [2.24, 2.45) is 11.3 Å². The summed E-state index contributed by atoms with van der Waals surface area (Å²) in [4.78, 5) is 17.1. The summed E-state index contributed by atoms with van der Waals surface area (Å²) in [5.41, 5.74) is 0.753. The maximum absolute atomic E-state index is 12.6. The summed E-state index contributed by atoms with van der Waals surface area (Å²) >= 11 is 1.61. The fourth-order valence-corrected chi connectivity index (χ4v) is 3.44. The van der Waals surface area contributed by atoms with E-state index in [-0.39, 0.29) is 17.4 Å². The SMILES string of the molecule is Cc1csc(C(C)NC(=O)C2(C(C)C)CCNC2)n1. The molecule has 1 amide bonds. The van der Waals surface area contributed by atoms with Gasteiger partial charge in [-0.1, -0.05) is 13.8 Å². The number of aryl methyl sites for hydroxylation is 1. The first-order valence-electron chi connectivity index (χ1n) is 6.89. The molecule has 0 aromatic carbocycles. The molecule has 1 aliphatic rings. The summed E-state index contributed by atoms with van der Waals surface area (Å²) in [5.74, 6) is 0.501. The van der Waals surface area contributed by atoms with Gasteiger partial charge >= 0.3 is 0 Å². The van der Waals surface area contributed by atoms with Gasteiger partial charge in [0.05, 0.1) is 11.5 Å². The minimum atomic E-state index is -0.263. The quantitative estimate of drug-likeness (QED) is 0.890. The number of amides is 1. The predicted molar refractivity (Wildman–Crippen MR) is 78.2 cm³/mol. The van der Waals surface area contributed by atoms with Gasteiger partial charge in [-0.3, -0.25) is 4.79 Å².